The van der Waals surface area contributed by atoms with Crippen LogP contribution in [0.25, 0.3) is 11.0 Å². The van der Waals surface area contributed by atoms with Crippen LogP contribution in [0.1, 0.15) is 45.0 Å². The summed E-state index contributed by atoms with van der Waals surface area (Å²) in [5.41, 5.74) is 0.706. The number of non-ortho nitro benzene ring substituents is 1. The van der Waals surface area contributed by atoms with Crippen LogP contribution in [0.5, 0.6) is 0 Å². The number of nitro groups is 1. The standard InChI is InChI=1S/C22H20BrN5O3/c1-20(2)21(3)8-9-22(20,19(29)27-16-7-4-12(23)11-24-16)18-17(21)25-14-6-5-13(28(30)31)10-15(14)26-18/h4-7,10-11H,8-9H2,1-3H3,(H,24,27,29). The summed E-state index contributed by atoms with van der Waals surface area (Å²) in [4.78, 5) is 38.5. The molecule has 31 heavy (non-hydrogen) atoms. The number of anilines is 1. The molecular formula is C22H20BrN5O3. The van der Waals surface area contributed by atoms with Crippen LogP contribution in [-0.2, 0) is 15.6 Å². The number of amides is 1. The topological polar surface area (TPSA) is 111 Å². The van der Waals surface area contributed by atoms with Gasteiger partial charge in [-0.3, -0.25) is 14.9 Å². The highest BCUT2D eigenvalue weighted by Crippen LogP contribution is 2.70. The maximum atomic E-state index is 13.8. The number of benzene rings is 1. The van der Waals surface area contributed by atoms with Gasteiger partial charge in [-0.25, -0.2) is 15.0 Å². The lowest BCUT2D eigenvalue weighted by Crippen LogP contribution is -2.48. The lowest BCUT2D eigenvalue weighted by atomic mass is 9.63. The summed E-state index contributed by atoms with van der Waals surface area (Å²) in [6.45, 7) is 6.31. The van der Waals surface area contributed by atoms with Crippen molar-refractivity contribution in [2.45, 2.75) is 44.4 Å². The van der Waals surface area contributed by atoms with E-state index in [4.69, 9.17) is 9.97 Å². The minimum Gasteiger partial charge on any atom is -0.310 e. The van der Waals surface area contributed by atoms with Gasteiger partial charge in [-0.05, 0) is 52.4 Å². The molecule has 0 radical (unpaired) electrons. The van der Waals surface area contributed by atoms with Crippen molar-refractivity contribution < 1.29 is 9.72 Å². The molecule has 2 unspecified atom stereocenters. The lowest BCUT2D eigenvalue weighted by Gasteiger charge is -2.39. The van der Waals surface area contributed by atoms with Crippen molar-refractivity contribution in [3.63, 3.8) is 0 Å². The number of hydrogen-bond donors (Lipinski definition) is 1. The predicted molar refractivity (Wildman–Crippen MR) is 119 cm³/mol. The van der Waals surface area contributed by atoms with E-state index in [1.807, 2.05) is 6.07 Å². The van der Waals surface area contributed by atoms with Crippen molar-refractivity contribution in [1.82, 2.24) is 15.0 Å². The zero-order valence-electron chi connectivity index (χ0n) is 17.3. The van der Waals surface area contributed by atoms with E-state index in [1.165, 1.54) is 12.1 Å². The SMILES string of the molecule is CC12CCC(C(=O)Nc3ccc(Br)cn3)(c3nc4cc([N+](=O)[O-])ccc4nc31)C2(C)C. The van der Waals surface area contributed by atoms with E-state index in [2.05, 4.69) is 47.0 Å². The van der Waals surface area contributed by atoms with E-state index in [-0.39, 0.29) is 17.0 Å². The molecule has 1 amide bonds. The number of rotatable bonds is 3. The third-order valence-corrected chi connectivity index (χ3v) is 8.06. The summed E-state index contributed by atoms with van der Waals surface area (Å²) in [6, 6.07) is 8.05. The molecule has 2 aliphatic carbocycles. The summed E-state index contributed by atoms with van der Waals surface area (Å²) < 4.78 is 0.822. The summed E-state index contributed by atoms with van der Waals surface area (Å²) >= 11 is 3.35. The van der Waals surface area contributed by atoms with Gasteiger partial charge < -0.3 is 5.32 Å². The number of fused-ring (bicyclic) bond motifs is 6. The minimum absolute atomic E-state index is 0.0482. The number of carbonyl (C=O) groups excluding carboxylic acids is 1. The molecule has 1 N–H and O–H groups in total. The van der Waals surface area contributed by atoms with Crippen molar-refractivity contribution in [2.24, 2.45) is 5.41 Å². The molecule has 2 bridgehead atoms. The molecule has 0 aliphatic heterocycles. The lowest BCUT2D eigenvalue weighted by molar-refractivity contribution is -0.384. The second-order valence-corrected chi connectivity index (χ2v) is 9.94. The molecule has 1 aromatic carbocycles. The van der Waals surface area contributed by atoms with E-state index in [0.717, 1.165) is 16.6 Å². The van der Waals surface area contributed by atoms with Gasteiger partial charge in [0, 0.05) is 28.2 Å². The third kappa shape index (κ3) is 2.46. The minimum atomic E-state index is -0.905. The van der Waals surface area contributed by atoms with Crippen LogP contribution in [0.3, 0.4) is 0 Å². The number of aromatic nitrogens is 3. The summed E-state index contributed by atoms with van der Waals surface area (Å²) in [5, 5.41) is 14.2. The molecule has 2 aromatic heterocycles. The van der Waals surface area contributed by atoms with Crippen LogP contribution >= 0.6 is 15.9 Å². The Morgan fingerprint density at radius 1 is 1.10 bits per heavy atom. The molecule has 5 rings (SSSR count). The number of nitrogens with one attached hydrogen (secondary N) is 1. The van der Waals surface area contributed by atoms with E-state index < -0.39 is 15.8 Å². The van der Waals surface area contributed by atoms with E-state index >= 15 is 0 Å². The average molecular weight is 482 g/mol. The van der Waals surface area contributed by atoms with E-state index in [1.54, 1.807) is 18.3 Å². The number of nitro benzene ring substituents is 1. The maximum Gasteiger partial charge on any atom is 0.271 e. The molecule has 0 saturated heterocycles. The summed E-state index contributed by atoms with van der Waals surface area (Å²) in [5.74, 6) is 0.290. The molecule has 158 valence electrons. The zero-order valence-corrected chi connectivity index (χ0v) is 18.9. The van der Waals surface area contributed by atoms with Crippen molar-refractivity contribution in [2.75, 3.05) is 5.32 Å². The Balaban J connectivity index is 1.69. The van der Waals surface area contributed by atoms with Gasteiger partial charge in [0.25, 0.3) is 5.69 Å². The zero-order chi connectivity index (χ0) is 22.2. The van der Waals surface area contributed by atoms with Gasteiger partial charge in [0.2, 0.25) is 5.91 Å². The Morgan fingerprint density at radius 3 is 2.52 bits per heavy atom. The number of pyridine rings is 1. The number of nitrogens with zero attached hydrogens (tertiary/aromatic N) is 4. The van der Waals surface area contributed by atoms with Gasteiger partial charge in [-0.1, -0.05) is 20.8 Å². The molecule has 2 aliphatic rings. The molecular weight excluding hydrogens is 462 g/mol. The first kappa shape index (κ1) is 20.0. The molecule has 0 spiro atoms. The van der Waals surface area contributed by atoms with Gasteiger partial charge >= 0.3 is 0 Å². The van der Waals surface area contributed by atoms with Gasteiger partial charge in [0.1, 0.15) is 5.82 Å². The summed E-state index contributed by atoms with van der Waals surface area (Å²) in [7, 11) is 0. The summed E-state index contributed by atoms with van der Waals surface area (Å²) in [6.07, 6.45) is 3.06. The van der Waals surface area contributed by atoms with Crippen LogP contribution in [0, 0.1) is 15.5 Å². The Kier molecular flexibility index (Phi) is 4.05. The Morgan fingerprint density at radius 2 is 1.84 bits per heavy atom. The first-order chi connectivity index (χ1) is 14.6. The second-order valence-electron chi connectivity index (χ2n) is 9.03. The van der Waals surface area contributed by atoms with Crippen LogP contribution in [0.2, 0.25) is 0 Å². The highest BCUT2D eigenvalue weighted by atomic mass is 79.9. The maximum absolute atomic E-state index is 13.8. The fraction of sp³-hybridized carbons (Fsp3) is 0.364. The van der Waals surface area contributed by atoms with Crippen LogP contribution < -0.4 is 5.32 Å². The highest BCUT2D eigenvalue weighted by molar-refractivity contribution is 9.10. The molecule has 3 aromatic rings. The first-order valence-corrected chi connectivity index (χ1v) is 10.8. The fourth-order valence-corrected chi connectivity index (χ4v) is 5.61. The van der Waals surface area contributed by atoms with Gasteiger partial charge in [0.15, 0.2) is 0 Å². The molecule has 2 heterocycles. The van der Waals surface area contributed by atoms with E-state index in [9.17, 15) is 14.9 Å². The Bertz CT molecular complexity index is 1280. The van der Waals surface area contributed by atoms with Crippen LogP contribution in [0.15, 0.2) is 41.0 Å². The molecule has 9 heteroatoms. The smallest absolute Gasteiger partial charge is 0.271 e. The van der Waals surface area contributed by atoms with Gasteiger partial charge in [-0.2, -0.15) is 0 Å². The van der Waals surface area contributed by atoms with Crippen molar-refractivity contribution in [3.8, 4) is 0 Å². The number of carbonyl (C=O) groups is 1. The third-order valence-electron chi connectivity index (χ3n) is 7.59. The average Bonchev–Trinajstić information content (AvgIpc) is 3.03. The Labute approximate surface area is 186 Å². The molecule has 2 atom stereocenters. The second kappa shape index (κ2) is 6.29. The van der Waals surface area contributed by atoms with Gasteiger partial charge in [0.05, 0.1) is 32.8 Å². The van der Waals surface area contributed by atoms with Gasteiger partial charge in [-0.15, -0.1) is 0 Å². The van der Waals surface area contributed by atoms with Crippen LogP contribution in [0.4, 0.5) is 11.5 Å². The molecule has 8 nitrogen and oxygen atoms in total. The first-order valence-electron chi connectivity index (χ1n) is 10.0. The monoisotopic (exact) mass is 481 g/mol. The Hall–Kier alpha value is -2.94. The fourth-order valence-electron chi connectivity index (χ4n) is 5.38. The van der Waals surface area contributed by atoms with Crippen molar-refractivity contribution in [1.29, 1.82) is 0 Å². The van der Waals surface area contributed by atoms with Crippen molar-refractivity contribution in [3.05, 3.63) is 62.5 Å². The number of halogens is 1. The largest absolute Gasteiger partial charge is 0.310 e. The quantitative estimate of drug-likeness (QED) is 0.429. The van der Waals surface area contributed by atoms with E-state index in [0.29, 0.717) is 29.0 Å². The number of hydrogen-bond acceptors (Lipinski definition) is 6. The normalized spacial score (nSPS) is 25.4. The van der Waals surface area contributed by atoms with Crippen molar-refractivity contribution >= 4 is 44.4 Å². The highest BCUT2D eigenvalue weighted by Gasteiger charge is 2.73. The van der Waals surface area contributed by atoms with Crippen LogP contribution in [-0.4, -0.2) is 25.8 Å². The molecule has 1 saturated carbocycles. The molecule has 1 fully saturated rings. The predicted octanol–water partition coefficient (Wildman–Crippen LogP) is 4.66.